The van der Waals surface area contributed by atoms with E-state index in [1.165, 1.54) is 6.92 Å². The Labute approximate surface area is 192 Å². The first-order chi connectivity index (χ1) is 16.0. The molecule has 0 spiro atoms. The number of hydrogen-bond acceptors (Lipinski definition) is 7. The van der Waals surface area contributed by atoms with Crippen molar-refractivity contribution in [3.05, 3.63) is 60.9 Å². The number of carbonyl (C=O) groups is 2. The van der Waals surface area contributed by atoms with Crippen molar-refractivity contribution in [2.45, 2.75) is 6.92 Å². The summed E-state index contributed by atoms with van der Waals surface area (Å²) in [5.74, 6) is 1.64. The van der Waals surface area contributed by atoms with E-state index in [-0.39, 0.29) is 5.91 Å². The van der Waals surface area contributed by atoms with Crippen molar-refractivity contribution in [2.75, 3.05) is 38.6 Å². The molecule has 1 saturated heterocycles. The SMILES string of the molecule is COc1ccc(-c2cnc(Nc3cccc(OC(=O)N4CCN(C(C)=O)CC4)c3)nc2)cc1. The van der Waals surface area contributed by atoms with Crippen LogP contribution in [0.4, 0.5) is 16.4 Å². The molecule has 9 nitrogen and oxygen atoms in total. The van der Waals surface area contributed by atoms with E-state index in [1.54, 1.807) is 47.5 Å². The Morgan fingerprint density at radius 3 is 2.18 bits per heavy atom. The molecule has 1 aromatic heterocycles. The first-order valence-corrected chi connectivity index (χ1v) is 10.6. The third-order valence-corrected chi connectivity index (χ3v) is 5.35. The maximum Gasteiger partial charge on any atom is 0.415 e. The monoisotopic (exact) mass is 447 g/mol. The summed E-state index contributed by atoms with van der Waals surface area (Å²) in [7, 11) is 1.63. The van der Waals surface area contributed by atoms with E-state index >= 15 is 0 Å². The predicted octanol–water partition coefficient (Wildman–Crippen LogP) is 3.56. The summed E-state index contributed by atoms with van der Waals surface area (Å²) in [5.41, 5.74) is 2.56. The molecule has 3 aromatic rings. The van der Waals surface area contributed by atoms with Gasteiger partial charge in [-0.05, 0) is 29.8 Å². The Kier molecular flexibility index (Phi) is 6.68. The average molecular weight is 447 g/mol. The number of anilines is 2. The molecule has 4 rings (SSSR count). The summed E-state index contributed by atoms with van der Waals surface area (Å²) in [6, 6.07) is 14.7. The molecule has 9 heteroatoms. The minimum absolute atomic E-state index is 0.0149. The van der Waals surface area contributed by atoms with Gasteiger partial charge in [-0.15, -0.1) is 0 Å². The van der Waals surface area contributed by atoms with Crippen molar-refractivity contribution in [3.8, 4) is 22.6 Å². The van der Waals surface area contributed by atoms with Crippen LogP contribution in [0.2, 0.25) is 0 Å². The molecule has 0 unspecified atom stereocenters. The normalized spacial score (nSPS) is 13.4. The van der Waals surface area contributed by atoms with Crippen molar-refractivity contribution in [1.29, 1.82) is 0 Å². The summed E-state index contributed by atoms with van der Waals surface area (Å²) >= 11 is 0. The standard InChI is InChI=1S/C24H25N5O4/c1-17(30)28-10-12-29(13-11-28)24(31)33-22-5-3-4-20(14-22)27-23-25-15-19(16-26-23)18-6-8-21(32-2)9-7-18/h3-9,14-16H,10-13H2,1-2H3,(H,25,26,27). The number of carbonyl (C=O) groups excluding carboxylic acids is 2. The van der Waals surface area contributed by atoms with Crippen molar-refractivity contribution in [2.24, 2.45) is 0 Å². The molecule has 1 aliphatic rings. The van der Waals surface area contributed by atoms with Gasteiger partial charge in [0.05, 0.1) is 7.11 Å². The third-order valence-electron chi connectivity index (χ3n) is 5.35. The van der Waals surface area contributed by atoms with Crippen LogP contribution in [0.1, 0.15) is 6.92 Å². The van der Waals surface area contributed by atoms with Gasteiger partial charge >= 0.3 is 6.09 Å². The second-order valence-electron chi connectivity index (χ2n) is 7.54. The average Bonchev–Trinajstić information content (AvgIpc) is 2.85. The van der Waals surface area contributed by atoms with E-state index in [0.717, 1.165) is 16.9 Å². The topological polar surface area (TPSA) is 96.9 Å². The Morgan fingerprint density at radius 2 is 1.55 bits per heavy atom. The highest BCUT2D eigenvalue weighted by molar-refractivity contribution is 5.75. The number of ether oxygens (including phenoxy) is 2. The molecule has 2 heterocycles. The first kappa shape index (κ1) is 22.1. The lowest BCUT2D eigenvalue weighted by Gasteiger charge is -2.33. The fourth-order valence-electron chi connectivity index (χ4n) is 3.46. The van der Waals surface area contributed by atoms with Crippen LogP contribution in [0.15, 0.2) is 60.9 Å². The summed E-state index contributed by atoms with van der Waals surface area (Å²) in [4.78, 5) is 36.0. The maximum absolute atomic E-state index is 12.5. The quantitative estimate of drug-likeness (QED) is 0.639. The van der Waals surface area contributed by atoms with Crippen molar-refractivity contribution in [1.82, 2.24) is 19.8 Å². The predicted molar refractivity (Wildman–Crippen MR) is 124 cm³/mol. The number of amides is 2. The van der Waals surface area contributed by atoms with E-state index in [2.05, 4.69) is 15.3 Å². The lowest BCUT2D eigenvalue weighted by Crippen LogP contribution is -2.50. The van der Waals surface area contributed by atoms with Crippen LogP contribution in [-0.4, -0.2) is 65.1 Å². The molecule has 2 amide bonds. The largest absolute Gasteiger partial charge is 0.497 e. The smallest absolute Gasteiger partial charge is 0.415 e. The third kappa shape index (κ3) is 5.57. The van der Waals surface area contributed by atoms with Crippen molar-refractivity contribution < 1.29 is 19.1 Å². The lowest BCUT2D eigenvalue weighted by molar-refractivity contribution is -0.130. The highest BCUT2D eigenvalue weighted by Gasteiger charge is 2.23. The van der Waals surface area contributed by atoms with Crippen molar-refractivity contribution in [3.63, 3.8) is 0 Å². The van der Waals surface area contributed by atoms with Gasteiger partial charge in [-0.25, -0.2) is 14.8 Å². The van der Waals surface area contributed by atoms with E-state index in [4.69, 9.17) is 9.47 Å². The highest BCUT2D eigenvalue weighted by Crippen LogP contribution is 2.24. The number of piperazine rings is 1. The highest BCUT2D eigenvalue weighted by atomic mass is 16.6. The number of nitrogens with zero attached hydrogens (tertiary/aromatic N) is 4. The van der Waals surface area contributed by atoms with E-state index in [9.17, 15) is 9.59 Å². The molecular formula is C24H25N5O4. The van der Waals surface area contributed by atoms with E-state index < -0.39 is 6.09 Å². The van der Waals surface area contributed by atoms with Gasteiger partial charge in [-0.1, -0.05) is 18.2 Å². The molecular weight excluding hydrogens is 422 g/mol. The van der Waals surface area contributed by atoms with E-state index in [1.807, 2.05) is 30.3 Å². The molecule has 1 N–H and O–H groups in total. The number of benzene rings is 2. The van der Waals surface area contributed by atoms with Crippen LogP contribution < -0.4 is 14.8 Å². The van der Waals surface area contributed by atoms with E-state index in [0.29, 0.717) is 43.6 Å². The van der Waals surface area contributed by atoms with Gasteiger partial charge in [0.25, 0.3) is 0 Å². The van der Waals surface area contributed by atoms with Gasteiger partial charge in [0.2, 0.25) is 11.9 Å². The Balaban J connectivity index is 1.36. The molecule has 0 radical (unpaired) electrons. The molecule has 1 aliphatic heterocycles. The number of rotatable bonds is 5. The zero-order valence-corrected chi connectivity index (χ0v) is 18.5. The van der Waals surface area contributed by atoms with Crippen LogP contribution in [-0.2, 0) is 4.79 Å². The maximum atomic E-state index is 12.5. The minimum atomic E-state index is -0.435. The zero-order valence-electron chi connectivity index (χ0n) is 18.5. The van der Waals surface area contributed by atoms with Crippen LogP contribution in [0.25, 0.3) is 11.1 Å². The van der Waals surface area contributed by atoms with Gasteiger partial charge in [-0.3, -0.25) is 4.79 Å². The first-order valence-electron chi connectivity index (χ1n) is 10.6. The molecule has 0 aliphatic carbocycles. The molecule has 1 fully saturated rings. The number of aromatic nitrogens is 2. The van der Waals surface area contributed by atoms with Gasteiger partial charge in [0, 0.05) is 62.8 Å². The van der Waals surface area contributed by atoms with Gasteiger partial charge in [0.15, 0.2) is 0 Å². The number of hydrogen-bond donors (Lipinski definition) is 1. The van der Waals surface area contributed by atoms with Crippen LogP contribution in [0.5, 0.6) is 11.5 Å². The second kappa shape index (κ2) is 9.99. The molecule has 0 bridgehead atoms. The molecule has 170 valence electrons. The zero-order chi connectivity index (χ0) is 23.2. The van der Waals surface area contributed by atoms with Crippen LogP contribution in [0, 0.1) is 0 Å². The lowest BCUT2D eigenvalue weighted by atomic mass is 10.1. The fourth-order valence-corrected chi connectivity index (χ4v) is 3.46. The molecule has 0 saturated carbocycles. The Hall–Kier alpha value is -4.14. The number of nitrogens with one attached hydrogen (secondary N) is 1. The number of methoxy groups -OCH3 is 1. The molecule has 0 atom stereocenters. The summed E-state index contributed by atoms with van der Waals surface area (Å²) in [6.45, 7) is 3.45. The van der Waals surface area contributed by atoms with Gasteiger partial charge in [0.1, 0.15) is 11.5 Å². The summed E-state index contributed by atoms with van der Waals surface area (Å²) < 4.78 is 10.7. The van der Waals surface area contributed by atoms with Crippen molar-refractivity contribution >= 4 is 23.6 Å². The summed E-state index contributed by atoms with van der Waals surface area (Å²) in [6.07, 6.45) is 3.04. The molecule has 2 aromatic carbocycles. The van der Waals surface area contributed by atoms with Crippen LogP contribution >= 0.6 is 0 Å². The minimum Gasteiger partial charge on any atom is -0.497 e. The van der Waals surface area contributed by atoms with Gasteiger partial charge < -0.3 is 24.6 Å². The second-order valence-corrected chi connectivity index (χ2v) is 7.54. The fraction of sp³-hybridized carbons (Fsp3) is 0.250. The van der Waals surface area contributed by atoms with Gasteiger partial charge in [-0.2, -0.15) is 0 Å². The van der Waals surface area contributed by atoms with Crippen LogP contribution in [0.3, 0.4) is 0 Å². The summed E-state index contributed by atoms with van der Waals surface area (Å²) in [5, 5.41) is 3.12. The Bertz CT molecular complexity index is 1110. The Morgan fingerprint density at radius 1 is 0.879 bits per heavy atom. The molecule has 33 heavy (non-hydrogen) atoms.